The monoisotopic (exact) mass is 531 g/mol. The molecule has 0 aromatic heterocycles. The number of aliphatic hydroxyl groups excluding tert-OH is 1. The lowest BCUT2D eigenvalue weighted by Gasteiger charge is -2.38. The number of hydrogen-bond donors (Lipinski definition) is 2. The van der Waals surface area contributed by atoms with Crippen LogP contribution in [0.3, 0.4) is 0 Å². The molecular weight excluding hydrogens is 494 g/mol. The van der Waals surface area contributed by atoms with Crippen LogP contribution in [0.1, 0.15) is 78.6 Å². The summed E-state index contributed by atoms with van der Waals surface area (Å²) in [6.45, 7) is 5.71. The van der Waals surface area contributed by atoms with Gasteiger partial charge in [-0.25, -0.2) is 9.69 Å². The average Bonchev–Trinajstić information content (AvgIpc) is 3.16. The Morgan fingerprint density at radius 2 is 1.70 bits per heavy atom. The number of unbranched alkanes of at least 4 members (excludes halogenated alkanes) is 7. The van der Waals surface area contributed by atoms with Crippen LogP contribution in [0.5, 0.6) is 0 Å². The largest absolute Gasteiger partial charge is 0.447 e. The normalized spacial score (nSPS) is 26.5. The van der Waals surface area contributed by atoms with Gasteiger partial charge in [-0.3, -0.25) is 9.59 Å². The maximum atomic E-state index is 13.1. The molecule has 1 saturated heterocycles. The van der Waals surface area contributed by atoms with Crippen molar-refractivity contribution in [2.24, 2.45) is 11.8 Å². The van der Waals surface area contributed by atoms with E-state index in [-0.39, 0.29) is 23.6 Å². The van der Waals surface area contributed by atoms with Crippen molar-refractivity contribution < 1.29 is 34.1 Å². The summed E-state index contributed by atoms with van der Waals surface area (Å²) < 4.78 is 11.1. The Kier molecular flexibility index (Phi) is 11.0. The third kappa shape index (κ3) is 7.34. The third-order valence-electron chi connectivity index (χ3n) is 6.42. The molecule has 2 N–H and O–H groups in total. The lowest BCUT2D eigenvalue weighted by molar-refractivity contribution is -0.217. The Morgan fingerprint density at radius 1 is 1.12 bits per heavy atom. The minimum atomic E-state index is -1.68. The summed E-state index contributed by atoms with van der Waals surface area (Å²) in [5.74, 6) is -3.59. The summed E-state index contributed by atoms with van der Waals surface area (Å²) in [4.78, 5) is 39.0. The summed E-state index contributed by atoms with van der Waals surface area (Å²) in [7, 11) is 0. The first kappa shape index (κ1) is 28.0. The second kappa shape index (κ2) is 13.0. The van der Waals surface area contributed by atoms with Gasteiger partial charge in [0, 0.05) is 13.0 Å². The molecule has 9 heteroatoms. The molecule has 2 heterocycles. The Bertz CT molecular complexity index is 726. The first-order chi connectivity index (χ1) is 15.6. The minimum absolute atomic E-state index is 0.0104. The molecule has 0 saturated carbocycles. The Hall–Kier alpha value is -1.29. The van der Waals surface area contributed by atoms with Crippen molar-refractivity contribution in [3.63, 3.8) is 0 Å². The second-order valence-electron chi connectivity index (χ2n) is 9.40. The maximum Gasteiger partial charge on any atom is 0.416 e. The molecule has 33 heavy (non-hydrogen) atoms. The number of imide groups is 1. The Balaban J connectivity index is 1.92. The number of ether oxygens (including phenoxy) is 2. The number of aliphatic hydroxyl groups is 2. The molecule has 0 radical (unpaired) electrons. The molecule has 4 atom stereocenters. The van der Waals surface area contributed by atoms with Crippen LogP contribution in [0.15, 0.2) is 10.6 Å². The van der Waals surface area contributed by atoms with Gasteiger partial charge in [-0.2, -0.15) is 0 Å². The smallest absolute Gasteiger partial charge is 0.416 e. The molecule has 8 nitrogen and oxygen atoms in total. The van der Waals surface area contributed by atoms with Gasteiger partial charge in [-0.1, -0.05) is 59.3 Å². The van der Waals surface area contributed by atoms with Crippen LogP contribution >= 0.6 is 15.9 Å². The van der Waals surface area contributed by atoms with E-state index in [0.717, 1.165) is 49.8 Å². The molecule has 2 aliphatic rings. The molecule has 0 aromatic carbocycles. The van der Waals surface area contributed by atoms with E-state index in [1.807, 2.05) is 13.8 Å². The molecule has 2 rings (SSSR count). The Morgan fingerprint density at radius 3 is 2.27 bits per heavy atom. The van der Waals surface area contributed by atoms with Gasteiger partial charge in [0.25, 0.3) is 0 Å². The first-order valence-electron chi connectivity index (χ1n) is 12.0. The van der Waals surface area contributed by atoms with Crippen LogP contribution in [0.25, 0.3) is 0 Å². The van der Waals surface area contributed by atoms with Crippen LogP contribution in [0.2, 0.25) is 0 Å². The third-order valence-corrected chi connectivity index (χ3v) is 7.27. The predicted octanol–water partition coefficient (Wildman–Crippen LogP) is 4.06. The molecule has 188 valence electrons. The molecule has 0 bridgehead atoms. The number of amides is 2. The second-order valence-corrected chi connectivity index (χ2v) is 10.3. The number of ketones is 1. The van der Waals surface area contributed by atoms with Crippen LogP contribution in [0.4, 0.5) is 4.79 Å². The van der Waals surface area contributed by atoms with E-state index in [0.29, 0.717) is 12.8 Å². The molecule has 2 amide bonds. The molecule has 1 fully saturated rings. The Labute approximate surface area is 204 Å². The zero-order chi connectivity index (χ0) is 24.6. The molecule has 0 unspecified atom stereocenters. The van der Waals surface area contributed by atoms with Gasteiger partial charge in [0.1, 0.15) is 12.7 Å². The predicted molar refractivity (Wildman–Crippen MR) is 126 cm³/mol. The number of cyclic esters (lactones) is 1. The number of carbonyl (C=O) groups excluding carboxylic acids is 3. The summed E-state index contributed by atoms with van der Waals surface area (Å²) in [6, 6.07) is -0.393. The number of carbonyl (C=O) groups is 3. The van der Waals surface area contributed by atoms with E-state index in [4.69, 9.17) is 14.6 Å². The average molecular weight is 532 g/mol. The summed E-state index contributed by atoms with van der Waals surface area (Å²) in [5, 5.41) is 19.9. The van der Waals surface area contributed by atoms with Crippen LogP contribution < -0.4 is 0 Å². The van der Waals surface area contributed by atoms with Crippen molar-refractivity contribution in [1.29, 1.82) is 0 Å². The van der Waals surface area contributed by atoms with Crippen molar-refractivity contribution in [3.05, 3.63) is 10.6 Å². The molecular formula is C24H38BrNO7. The number of hydrogen-bond acceptors (Lipinski definition) is 7. The standard InChI is InChI=1S/C24H38BrNO7/c1-16(2)18-15-32-23(30)26(18)22(29)17(3)21-19(28)14-20(25)24(31,33-21)12-10-8-6-4-5-7-9-11-13-27/h14,16-18,21,27,31H,4-13,15H2,1-3H3/t17-,18+,21-,24+/m1/s1. The fourth-order valence-electron chi connectivity index (χ4n) is 4.24. The zero-order valence-corrected chi connectivity index (χ0v) is 21.5. The van der Waals surface area contributed by atoms with Gasteiger partial charge in [0.05, 0.1) is 16.4 Å². The molecule has 2 aliphatic heterocycles. The fraction of sp³-hybridized carbons (Fsp3) is 0.792. The van der Waals surface area contributed by atoms with Crippen LogP contribution in [-0.4, -0.2) is 64.0 Å². The highest BCUT2D eigenvalue weighted by Gasteiger charge is 2.48. The van der Waals surface area contributed by atoms with Gasteiger partial charge < -0.3 is 19.7 Å². The highest BCUT2D eigenvalue weighted by Crippen LogP contribution is 2.37. The number of halogens is 1. The molecule has 0 spiro atoms. The van der Waals surface area contributed by atoms with Crippen LogP contribution in [0, 0.1) is 11.8 Å². The van der Waals surface area contributed by atoms with Gasteiger partial charge >= 0.3 is 6.09 Å². The summed E-state index contributed by atoms with van der Waals surface area (Å²) >= 11 is 3.26. The van der Waals surface area contributed by atoms with Gasteiger partial charge in [-0.15, -0.1) is 0 Å². The van der Waals surface area contributed by atoms with Crippen molar-refractivity contribution in [1.82, 2.24) is 4.90 Å². The van der Waals surface area contributed by atoms with Gasteiger partial charge in [0.15, 0.2) is 11.6 Å². The minimum Gasteiger partial charge on any atom is -0.447 e. The maximum absolute atomic E-state index is 13.1. The van der Waals surface area contributed by atoms with E-state index in [1.54, 1.807) is 0 Å². The lowest BCUT2D eigenvalue weighted by atomic mass is 9.93. The fourth-order valence-corrected chi connectivity index (χ4v) is 4.75. The van der Waals surface area contributed by atoms with E-state index >= 15 is 0 Å². The summed E-state index contributed by atoms with van der Waals surface area (Å²) in [5.41, 5.74) is 0. The highest BCUT2D eigenvalue weighted by atomic mass is 79.9. The SMILES string of the molecule is CC(C)[C@@H]1COC(=O)N1C(=O)[C@H](C)[C@H]1O[C@@](O)(CCCCCCCCCCO)C(Br)=CC1=O. The first-order valence-corrected chi connectivity index (χ1v) is 12.8. The van der Waals surface area contributed by atoms with Crippen molar-refractivity contribution in [2.75, 3.05) is 13.2 Å². The lowest BCUT2D eigenvalue weighted by Crippen LogP contribution is -2.52. The van der Waals surface area contributed by atoms with Crippen molar-refractivity contribution in [3.8, 4) is 0 Å². The van der Waals surface area contributed by atoms with Gasteiger partial charge in [-0.05, 0) is 40.8 Å². The molecule has 0 aliphatic carbocycles. The highest BCUT2D eigenvalue weighted by molar-refractivity contribution is 9.11. The van der Waals surface area contributed by atoms with Crippen LogP contribution in [-0.2, 0) is 19.1 Å². The van der Waals surface area contributed by atoms with E-state index < -0.39 is 41.6 Å². The van der Waals surface area contributed by atoms with E-state index in [1.165, 1.54) is 13.0 Å². The van der Waals surface area contributed by atoms with Crippen molar-refractivity contribution in [2.45, 2.75) is 96.5 Å². The number of rotatable bonds is 13. The zero-order valence-electron chi connectivity index (χ0n) is 19.9. The van der Waals surface area contributed by atoms with E-state index in [2.05, 4.69) is 15.9 Å². The summed E-state index contributed by atoms with van der Waals surface area (Å²) in [6.07, 6.45) is 7.54. The number of nitrogens with zero attached hydrogens (tertiary/aromatic N) is 1. The van der Waals surface area contributed by atoms with Crippen molar-refractivity contribution >= 4 is 33.7 Å². The van der Waals surface area contributed by atoms with E-state index in [9.17, 15) is 19.5 Å². The quantitative estimate of drug-likeness (QED) is 0.344. The molecule has 0 aromatic rings. The van der Waals surface area contributed by atoms with Gasteiger partial charge in [0.2, 0.25) is 5.91 Å². The topological polar surface area (TPSA) is 113 Å².